The van der Waals surface area contributed by atoms with Crippen LogP contribution in [0.2, 0.25) is 0 Å². The maximum Gasteiger partial charge on any atom is 0.355 e. The zero-order chi connectivity index (χ0) is 48.5. The molecule has 4 aromatic rings. The number of hydrogen-bond acceptors (Lipinski definition) is 9. The number of fused-ring (bicyclic) bond motifs is 2. The van der Waals surface area contributed by atoms with Crippen molar-refractivity contribution in [2.24, 2.45) is 5.41 Å². The van der Waals surface area contributed by atoms with Crippen molar-refractivity contribution in [3.63, 3.8) is 0 Å². The predicted molar refractivity (Wildman–Crippen MR) is 257 cm³/mol. The van der Waals surface area contributed by atoms with Gasteiger partial charge in [0.25, 0.3) is 5.91 Å². The van der Waals surface area contributed by atoms with Gasteiger partial charge in [0.1, 0.15) is 23.9 Å². The van der Waals surface area contributed by atoms with Crippen molar-refractivity contribution < 1.29 is 46.2 Å². The summed E-state index contributed by atoms with van der Waals surface area (Å²) in [6, 6.07) is 21.0. The Hall–Kier alpha value is -4.76. The van der Waals surface area contributed by atoms with Crippen LogP contribution in [0.3, 0.4) is 0 Å². The van der Waals surface area contributed by atoms with Crippen LogP contribution in [0.15, 0.2) is 84.9 Å². The number of halogens is 3. The number of esters is 1. The van der Waals surface area contributed by atoms with Crippen LogP contribution in [0.1, 0.15) is 118 Å². The third-order valence-corrected chi connectivity index (χ3v) is 17.2. The molecule has 1 spiro atoms. The standard InChI is InChI=1S/C51H63F3N5O7PS/c1-32(49(63)65-31-50(2,3)4)56-67(64,66-39-14-10-7-11-15-39)45(54)34-16-21-42-35(26-34)27-43(68-42)46(60)55-40-19-17-37(57(5)25-22-44(52)53)28-38-18-20-41(59(38)47(40)61)48(62)58-30-36(29-51(58)23-24-51)33-12-8-6-9-13-33/h6-16,21,26-27,32,36-38,40-41,44-45H,17-20,22-25,28-31H2,1-5H3,(H,55,60)(H,56,64)/t32-,36+,37-,38+,40-,41-,45+,67?/m0/s1. The number of hydrogen-bond donors (Lipinski definition) is 2. The van der Waals surface area contributed by atoms with Gasteiger partial charge < -0.3 is 29.3 Å². The fourth-order valence-corrected chi connectivity index (χ4v) is 13.0. The van der Waals surface area contributed by atoms with Crippen LogP contribution in [0, 0.1) is 5.41 Å². The largest absolute Gasteiger partial charge is 0.464 e. The number of likely N-dealkylation sites (tertiary alicyclic amines) is 1. The summed E-state index contributed by atoms with van der Waals surface area (Å²) in [5.41, 5.74) is 0.615. The highest BCUT2D eigenvalue weighted by Crippen LogP contribution is 2.58. The van der Waals surface area contributed by atoms with Gasteiger partial charge in [-0.3, -0.25) is 23.7 Å². The quantitative estimate of drug-likeness (QED) is 0.0831. The van der Waals surface area contributed by atoms with Gasteiger partial charge in [0.15, 0.2) is 0 Å². The first-order valence-corrected chi connectivity index (χ1v) is 26.3. The van der Waals surface area contributed by atoms with Gasteiger partial charge in [0.2, 0.25) is 24.2 Å². The van der Waals surface area contributed by atoms with E-state index in [0.29, 0.717) is 42.3 Å². The molecule has 4 aliphatic rings. The average Bonchev–Trinajstić information content (AvgIpc) is 3.59. The van der Waals surface area contributed by atoms with Gasteiger partial charge in [0, 0.05) is 47.8 Å². The van der Waals surface area contributed by atoms with E-state index in [0.717, 1.165) is 30.6 Å². The SMILES string of the molecule is C[C@H](NP(=O)(Oc1ccccc1)[C@@H](F)c1ccc2sc(C(=O)N[C@H]3CC[C@H](N(C)CCC(F)F)C[C@H]4CC[C@@H](C(=O)N5C[C@H](c6ccccc6)CC56CC6)N4C3=O)cc2c1)C(=O)OCC(C)(C)C. The van der Waals surface area contributed by atoms with E-state index in [-0.39, 0.29) is 83.0 Å². The summed E-state index contributed by atoms with van der Waals surface area (Å²) in [6.07, 6.45) is 2.21. The first-order valence-electron chi connectivity index (χ1n) is 23.8. The van der Waals surface area contributed by atoms with E-state index in [1.165, 1.54) is 36.8 Å². The number of nitrogens with zero attached hydrogens (tertiary/aromatic N) is 3. The highest BCUT2D eigenvalue weighted by Gasteiger charge is 2.58. The molecule has 1 aromatic heterocycles. The number of amides is 3. The minimum atomic E-state index is -4.53. The molecular formula is C51H63F3N5O7PS. The number of carbonyl (C=O) groups is 4. The van der Waals surface area contributed by atoms with Gasteiger partial charge in [-0.1, -0.05) is 75.4 Å². The summed E-state index contributed by atoms with van der Waals surface area (Å²) >= 11 is 1.14. The molecule has 3 aliphatic heterocycles. The minimum Gasteiger partial charge on any atom is -0.464 e. The van der Waals surface area contributed by atoms with Crippen LogP contribution in [-0.4, -0.2) is 107 Å². The number of nitrogens with one attached hydrogen (secondary N) is 2. The molecule has 3 saturated heterocycles. The second-order valence-corrected chi connectivity index (χ2v) is 23.6. The molecule has 68 heavy (non-hydrogen) atoms. The van der Waals surface area contributed by atoms with E-state index in [2.05, 4.69) is 22.5 Å². The number of carbonyl (C=O) groups excluding carboxylic acids is 4. The predicted octanol–water partition coefficient (Wildman–Crippen LogP) is 9.86. The lowest BCUT2D eigenvalue weighted by Gasteiger charge is -2.41. The maximum absolute atomic E-state index is 16.8. The van der Waals surface area contributed by atoms with E-state index >= 15 is 4.39 Å². The second kappa shape index (κ2) is 20.3. The van der Waals surface area contributed by atoms with Crippen LogP contribution in [0.5, 0.6) is 5.75 Å². The Labute approximate surface area is 400 Å². The van der Waals surface area contributed by atoms with E-state index in [1.807, 2.05) is 55.8 Å². The Bertz CT molecular complexity index is 2510. The van der Waals surface area contributed by atoms with Gasteiger partial charge in [-0.25, -0.2) is 18.3 Å². The monoisotopic (exact) mass is 977 g/mol. The van der Waals surface area contributed by atoms with Crippen molar-refractivity contribution in [3.05, 3.63) is 101 Å². The van der Waals surface area contributed by atoms with Gasteiger partial charge >= 0.3 is 13.5 Å². The number of para-hydroxylation sites is 1. The Morgan fingerprint density at radius 1 is 0.956 bits per heavy atom. The molecule has 8 rings (SSSR count). The summed E-state index contributed by atoms with van der Waals surface area (Å²) < 4.78 is 70.0. The molecule has 366 valence electrons. The molecule has 0 bridgehead atoms. The first kappa shape index (κ1) is 49.7. The Balaban J connectivity index is 1.02. The molecule has 12 nitrogen and oxygen atoms in total. The molecule has 4 fully saturated rings. The Morgan fingerprint density at radius 2 is 1.66 bits per heavy atom. The van der Waals surface area contributed by atoms with Gasteiger partial charge in [0.05, 0.1) is 11.5 Å². The Kier molecular flexibility index (Phi) is 14.8. The minimum absolute atomic E-state index is 0.0154. The number of rotatable bonds is 16. The van der Waals surface area contributed by atoms with E-state index < -0.39 is 49.9 Å². The highest BCUT2D eigenvalue weighted by molar-refractivity contribution is 7.57. The van der Waals surface area contributed by atoms with Crippen LogP contribution >= 0.6 is 18.9 Å². The molecule has 1 saturated carbocycles. The summed E-state index contributed by atoms with van der Waals surface area (Å²) in [6.45, 7) is 7.94. The lowest BCUT2D eigenvalue weighted by atomic mass is 9.93. The summed E-state index contributed by atoms with van der Waals surface area (Å²) in [5, 5.41) is 6.08. The fourth-order valence-electron chi connectivity index (χ4n) is 10.2. The van der Waals surface area contributed by atoms with Gasteiger partial charge in [-0.2, -0.15) is 0 Å². The molecule has 8 atom stereocenters. The van der Waals surface area contributed by atoms with E-state index in [9.17, 15) is 32.5 Å². The van der Waals surface area contributed by atoms with Gasteiger partial charge in [-0.15, -0.1) is 11.3 Å². The highest BCUT2D eigenvalue weighted by atomic mass is 32.1. The molecular weight excluding hydrogens is 915 g/mol. The van der Waals surface area contributed by atoms with Crippen LogP contribution in [0.4, 0.5) is 13.2 Å². The molecule has 17 heteroatoms. The van der Waals surface area contributed by atoms with Crippen molar-refractivity contribution in [2.75, 3.05) is 26.7 Å². The van der Waals surface area contributed by atoms with Crippen LogP contribution in [0.25, 0.3) is 10.1 Å². The third-order valence-electron chi connectivity index (χ3n) is 14.0. The van der Waals surface area contributed by atoms with Crippen LogP contribution < -0.4 is 14.9 Å². The lowest BCUT2D eigenvalue weighted by Crippen LogP contribution is -2.59. The van der Waals surface area contributed by atoms with Gasteiger partial charge in [-0.05, 0) is 118 Å². The normalized spacial score (nSPS) is 24.3. The molecule has 3 aromatic carbocycles. The molecule has 2 N–H and O–H groups in total. The fraction of sp³-hybridized carbons (Fsp3) is 0.529. The maximum atomic E-state index is 16.8. The molecule has 0 radical (unpaired) electrons. The molecule has 4 heterocycles. The van der Waals surface area contributed by atoms with Crippen molar-refractivity contribution in [1.29, 1.82) is 0 Å². The second-order valence-electron chi connectivity index (χ2n) is 20.4. The lowest BCUT2D eigenvalue weighted by molar-refractivity contribution is -0.148. The summed E-state index contributed by atoms with van der Waals surface area (Å²) in [5.74, 6) is -3.58. The topological polar surface area (TPSA) is 138 Å². The zero-order valence-electron chi connectivity index (χ0n) is 39.4. The zero-order valence-corrected chi connectivity index (χ0v) is 41.1. The summed E-state index contributed by atoms with van der Waals surface area (Å²) in [4.78, 5) is 62.7. The van der Waals surface area contributed by atoms with Crippen molar-refractivity contribution in [1.82, 2.24) is 25.1 Å². The molecule has 1 aliphatic carbocycles. The molecule has 3 amide bonds. The third kappa shape index (κ3) is 11.1. The Morgan fingerprint density at radius 3 is 2.34 bits per heavy atom. The summed E-state index contributed by atoms with van der Waals surface area (Å²) in [7, 11) is -2.72. The number of alkyl halides is 3. The van der Waals surface area contributed by atoms with E-state index in [1.54, 1.807) is 35.2 Å². The smallest absolute Gasteiger partial charge is 0.355 e. The van der Waals surface area contributed by atoms with Crippen molar-refractivity contribution >= 4 is 52.6 Å². The number of thiophene rings is 1. The number of ether oxygens (including phenoxy) is 1. The average molecular weight is 978 g/mol. The molecule has 1 unspecified atom stereocenters. The van der Waals surface area contributed by atoms with Crippen LogP contribution in [-0.2, 0) is 23.7 Å². The first-order chi connectivity index (χ1) is 32.3. The van der Waals surface area contributed by atoms with E-state index in [4.69, 9.17) is 9.26 Å². The number of benzene rings is 3. The van der Waals surface area contributed by atoms with Crippen molar-refractivity contribution in [2.45, 2.75) is 139 Å². The van der Waals surface area contributed by atoms with Crippen molar-refractivity contribution in [3.8, 4) is 5.75 Å².